The van der Waals surface area contributed by atoms with Gasteiger partial charge in [0.15, 0.2) is 5.78 Å². The predicted molar refractivity (Wildman–Crippen MR) is 88.8 cm³/mol. The summed E-state index contributed by atoms with van der Waals surface area (Å²) < 4.78 is 15.7. The number of ketones is 1. The molecular formula is C18H18FN3O. The van der Waals surface area contributed by atoms with Crippen LogP contribution in [0.15, 0.2) is 42.5 Å². The van der Waals surface area contributed by atoms with Gasteiger partial charge in [0.2, 0.25) is 5.95 Å². The molecule has 2 aromatic carbocycles. The Labute approximate surface area is 133 Å². The van der Waals surface area contributed by atoms with Crippen LogP contribution in [0.5, 0.6) is 0 Å². The summed E-state index contributed by atoms with van der Waals surface area (Å²) in [5, 5.41) is 0. The van der Waals surface area contributed by atoms with Crippen molar-refractivity contribution in [2.24, 2.45) is 5.92 Å². The summed E-state index contributed by atoms with van der Waals surface area (Å²) in [6, 6.07) is 11.1. The lowest BCUT2D eigenvalue weighted by Crippen LogP contribution is -2.08. The second-order valence-electron chi connectivity index (χ2n) is 5.99. The number of carbonyl (C=O) groups is 1. The van der Waals surface area contributed by atoms with Crippen LogP contribution in [0.25, 0.3) is 11.0 Å². The van der Waals surface area contributed by atoms with Gasteiger partial charge in [0.1, 0.15) is 5.82 Å². The third kappa shape index (κ3) is 2.82. The van der Waals surface area contributed by atoms with Crippen LogP contribution in [0.1, 0.15) is 29.8 Å². The van der Waals surface area contributed by atoms with Gasteiger partial charge in [0, 0.05) is 12.1 Å². The van der Waals surface area contributed by atoms with Crippen LogP contribution in [-0.2, 0) is 6.54 Å². The van der Waals surface area contributed by atoms with Gasteiger partial charge >= 0.3 is 0 Å². The maximum Gasteiger partial charge on any atom is 0.201 e. The van der Waals surface area contributed by atoms with E-state index in [1.807, 2.05) is 4.57 Å². The van der Waals surface area contributed by atoms with E-state index < -0.39 is 5.82 Å². The van der Waals surface area contributed by atoms with E-state index in [9.17, 15) is 9.18 Å². The lowest BCUT2D eigenvalue weighted by molar-refractivity contribution is 0.103. The minimum absolute atomic E-state index is 0.0646. The second kappa shape index (κ2) is 5.83. The third-order valence-electron chi connectivity index (χ3n) is 3.71. The Morgan fingerprint density at radius 1 is 1.26 bits per heavy atom. The molecular weight excluding hydrogens is 293 g/mol. The molecule has 1 heterocycles. The van der Waals surface area contributed by atoms with Gasteiger partial charge in [0.25, 0.3) is 0 Å². The Kier molecular flexibility index (Phi) is 3.86. The Hall–Kier alpha value is -2.69. The zero-order valence-corrected chi connectivity index (χ0v) is 13.1. The van der Waals surface area contributed by atoms with Crippen LogP contribution in [0.4, 0.5) is 10.3 Å². The molecule has 0 aliphatic rings. The molecule has 0 atom stereocenters. The molecule has 118 valence electrons. The number of rotatable bonds is 4. The fraction of sp³-hybridized carbons (Fsp3) is 0.222. The SMILES string of the molecule is CC(C)Cn1c(N)nc2ccc(C(=O)c3ccccc3F)cc21. The molecule has 3 aromatic rings. The number of benzene rings is 2. The van der Waals surface area contributed by atoms with Gasteiger partial charge < -0.3 is 10.3 Å². The molecule has 0 amide bonds. The number of imidazole rings is 1. The molecule has 1 aromatic heterocycles. The first kappa shape index (κ1) is 15.2. The summed E-state index contributed by atoms with van der Waals surface area (Å²) in [7, 11) is 0. The van der Waals surface area contributed by atoms with Crippen molar-refractivity contribution in [1.82, 2.24) is 9.55 Å². The largest absolute Gasteiger partial charge is 0.369 e. The molecule has 0 aliphatic carbocycles. The molecule has 0 saturated carbocycles. The first-order valence-electron chi connectivity index (χ1n) is 7.52. The molecule has 0 fully saturated rings. The number of nitrogens with two attached hydrogens (primary N) is 1. The molecule has 0 saturated heterocycles. The summed E-state index contributed by atoms with van der Waals surface area (Å²) in [6.45, 7) is 4.87. The van der Waals surface area contributed by atoms with Crippen LogP contribution in [-0.4, -0.2) is 15.3 Å². The molecule has 23 heavy (non-hydrogen) atoms. The van der Waals surface area contributed by atoms with Crippen LogP contribution in [0, 0.1) is 11.7 Å². The fourth-order valence-corrected chi connectivity index (χ4v) is 2.64. The number of anilines is 1. The lowest BCUT2D eigenvalue weighted by Gasteiger charge is -2.10. The van der Waals surface area contributed by atoms with Gasteiger partial charge in [-0.05, 0) is 36.2 Å². The maximum absolute atomic E-state index is 13.8. The molecule has 0 unspecified atom stereocenters. The summed E-state index contributed by atoms with van der Waals surface area (Å²) >= 11 is 0. The predicted octanol–water partition coefficient (Wildman–Crippen LogP) is 3.64. The minimum atomic E-state index is -0.521. The standard InChI is InChI=1S/C18H18FN3O/c1-11(2)10-22-16-9-12(7-8-15(16)21-18(22)20)17(23)13-5-3-4-6-14(13)19/h3-9,11H,10H2,1-2H3,(H2,20,21). The summed E-state index contributed by atoms with van der Waals surface area (Å²) in [4.78, 5) is 16.9. The molecule has 3 rings (SSSR count). The van der Waals surface area contributed by atoms with Crippen molar-refractivity contribution in [2.75, 3.05) is 5.73 Å². The number of carbonyl (C=O) groups excluding carboxylic acids is 1. The fourth-order valence-electron chi connectivity index (χ4n) is 2.64. The Balaban J connectivity index is 2.09. The lowest BCUT2D eigenvalue weighted by atomic mass is 10.0. The van der Waals surface area contributed by atoms with E-state index in [4.69, 9.17) is 5.73 Å². The van der Waals surface area contributed by atoms with Crippen molar-refractivity contribution in [3.05, 3.63) is 59.4 Å². The Bertz CT molecular complexity index is 883. The topological polar surface area (TPSA) is 60.9 Å². The molecule has 0 spiro atoms. The highest BCUT2D eigenvalue weighted by Gasteiger charge is 2.16. The Morgan fingerprint density at radius 3 is 2.70 bits per heavy atom. The summed E-state index contributed by atoms with van der Waals surface area (Å²) in [5.41, 5.74) is 7.98. The number of halogens is 1. The van der Waals surface area contributed by atoms with Crippen LogP contribution in [0.2, 0.25) is 0 Å². The monoisotopic (exact) mass is 311 g/mol. The van der Waals surface area contributed by atoms with Crippen LogP contribution >= 0.6 is 0 Å². The van der Waals surface area contributed by atoms with Gasteiger partial charge in [-0.2, -0.15) is 0 Å². The summed E-state index contributed by atoms with van der Waals surface area (Å²) in [6.07, 6.45) is 0. The first-order chi connectivity index (χ1) is 11.0. The van der Waals surface area contributed by atoms with Gasteiger partial charge in [0.05, 0.1) is 16.6 Å². The molecule has 0 bridgehead atoms. The van der Waals surface area contributed by atoms with Crippen LogP contribution in [0.3, 0.4) is 0 Å². The number of nitrogens with zero attached hydrogens (tertiary/aromatic N) is 2. The first-order valence-corrected chi connectivity index (χ1v) is 7.52. The van der Waals surface area contributed by atoms with E-state index in [2.05, 4.69) is 18.8 Å². The van der Waals surface area contributed by atoms with Crippen LogP contribution < -0.4 is 5.73 Å². The number of fused-ring (bicyclic) bond motifs is 1. The van der Waals surface area contributed by atoms with E-state index in [1.54, 1.807) is 30.3 Å². The average molecular weight is 311 g/mol. The third-order valence-corrected chi connectivity index (χ3v) is 3.71. The average Bonchev–Trinajstić information content (AvgIpc) is 2.82. The molecule has 5 heteroatoms. The van der Waals surface area contributed by atoms with Gasteiger partial charge in [-0.1, -0.05) is 26.0 Å². The van der Waals surface area contributed by atoms with E-state index in [0.29, 0.717) is 24.0 Å². The van der Waals surface area contributed by atoms with E-state index in [0.717, 1.165) is 11.0 Å². The van der Waals surface area contributed by atoms with E-state index >= 15 is 0 Å². The summed E-state index contributed by atoms with van der Waals surface area (Å²) in [5.74, 6) is -0.0570. The van der Waals surface area contributed by atoms with Crippen molar-refractivity contribution < 1.29 is 9.18 Å². The smallest absolute Gasteiger partial charge is 0.201 e. The highest BCUT2D eigenvalue weighted by atomic mass is 19.1. The van der Waals surface area contributed by atoms with Crippen molar-refractivity contribution >= 4 is 22.8 Å². The molecule has 0 radical (unpaired) electrons. The van der Waals surface area contributed by atoms with Crippen molar-refractivity contribution in [2.45, 2.75) is 20.4 Å². The number of nitrogen functional groups attached to an aromatic ring is 1. The van der Waals surface area contributed by atoms with E-state index in [-0.39, 0.29) is 11.3 Å². The van der Waals surface area contributed by atoms with E-state index in [1.165, 1.54) is 12.1 Å². The molecule has 4 nitrogen and oxygen atoms in total. The highest BCUT2D eigenvalue weighted by Crippen LogP contribution is 2.23. The zero-order chi connectivity index (χ0) is 16.6. The highest BCUT2D eigenvalue weighted by molar-refractivity contribution is 6.10. The molecule has 0 aliphatic heterocycles. The van der Waals surface area contributed by atoms with Gasteiger partial charge in [-0.25, -0.2) is 9.37 Å². The zero-order valence-electron chi connectivity index (χ0n) is 13.1. The number of hydrogen-bond acceptors (Lipinski definition) is 3. The van der Waals surface area contributed by atoms with Crippen molar-refractivity contribution in [3.63, 3.8) is 0 Å². The quantitative estimate of drug-likeness (QED) is 0.748. The Morgan fingerprint density at radius 2 is 2.00 bits per heavy atom. The number of hydrogen-bond donors (Lipinski definition) is 1. The van der Waals surface area contributed by atoms with Crippen molar-refractivity contribution in [1.29, 1.82) is 0 Å². The van der Waals surface area contributed by atoms with Gasteiger partial charge in [-0.3, -0.25) is 4.79 Å². The van der Waals surface area contributed by atoms with Crippen molar-refractivity contribution in [3.8, 4) is 0 Å². The normalized spacial score (nSPS) is 11.3. The molecule has 2 N–H and O–H groups in total. The second-order valence-corrected chi connectivity index (χ2v) is 5.99. The minimum Gasteiger partial charge on any atom is -0.369 e. The number of aromatic nitrogens is 2. The van der Waals surface area contributed by atoms with Gasteiger partial charge in [-0.15, -0.1) is 0 Å². The maximum atomic E-state index is 13.8.